The summed E-state index contributed by atoms with van der Waals surface area (Å²) >= 11 is 1.41. The Morgan fingerprint density at radius 1 is 1.40 bits per heavy atom. The number of benzene rings is 1. The van der Waals surface area contributed by atoms with Crippen LogP contribution in [0, 0.1) is 0 Å². The van der Waals surface area contributed by atoms with Crippen molar-refractivity contribution in [3.63, 3.8) is 0 Å². The van der Waals surface area contributed by atoms with Gasteiger partial charge >= 0.3 is 5.97 Å². The van der Waals surface area contributed by atoms with Crippen molar-refractivity contribution >= 4 is 24.0 Å². The maximum absolute atomic E-state index is 10.2. The second-order valence-electron chi connectivity index (χ2n) is 2.63. The van der Waals surface area contributed by atoms with E-state index in [9.17, 15) is 9.59 Å². The Morgan fingerprint density at radius 2 is 2.07 bits per heavy atom. The van der Waals surface area contributed by atoms with Crippen LogP contribution < -0.4 is 4.74 Å². The number of hydrogen-bond acceptors (Lipinski definition) is 4. The summed E-state index contributed by atoms with van der Waals surface area (Å²) in [4.78, 5) is 21.3. The minimum Gasteiger partial charge on any atom is -0.482 e. The molecule has 0 aromatic heterocycles. The molecular formula is C10H10O4S. The maximum Gasteiger partial charge on any atom is 0.341 e. The average Bonchev–Trinajstić information content (AvgIpc) is 2.25. The van der Waals surface area contributed by atoms with Crippen LogP contribution in [0.25, 0.3) is 0 Å². The van der Waals surface area contributed by atoms with E-state index in [1.807, 2.05) is 0 Å². The number of aliphatic carboxylic acids is 1. The summed E-state index contributed by atoms with van der Waals surface area (Å²) in [5.41, 5.74) is 0. The molecule has 0 bridgehead atoms. The van der Waals surface area contributed by atoms with Gasteiger partial charge in [-0.3, -0.25) is 0 Å². The lowest BCUT2D eigenvalue weighted by atomic mass is 10.3. The molecule has 80 valence electrons. The lowest BCUT2D eigenvalue weighted by Crippen LogP contribution is -2.09. The molecule has 0 heterocycles. The number of carbonyl (C=O) groups is 2. The van der Waals surface area contributed by atoms with Gasteiger partial charge in [-0.2, -0.15) is 0 Å². The molecule has 0 spiro atoms. The summed E-state index contributed by atoms with van der Waals surface area (Å²) in [6, 6.07) is 6.92. The lowest BCUT2D eigenvalue weighted by Gasteiger charge is -2.03. The summed E-state index contributed by atoms with van der Waals surface area (Å²) in [5.74, 6) is -0.0859. The van der Waals surface area contributed by atoms with E-state index in [2.05, 4.69) is 0 Å². The van der Waals surface area contributed by atoms with Crippen LogP contribution in [0.1, 0.15) is 0 Å². The highest BCUT2D eigenvalue weighted by molar-refractivity contribution is 7.99. The summed E-state index contributed by atoms with van der Waals surface area (Å²) in [6.07, 6.45) is 0.833. The zero-order valence-corrected chi connectivity index (χ0v) is 8.70. The average molecular weight is 226 g/mol. The van der Waals surface area contributed by atoms with Crippen LogP contribution in [-0.4, -0.2) is 29.7 Å². The highest BCUT2D eigenvalue weighted by Crippen LogP contribution is 2.20. The first-order valence-corrected chi connectivity index (χ1v) is 5.22. The van der Waals surface area contributed by atoms with E-state index in [1.165, 1.54) is 11.8 Å². The second kappa shape index (κ2) is 6.08. The minimum atomic E-state index is -1.01. The first-order valence-electron chi connectivity index (χ1n) is 4.23. The zero-order chi connectivity index (χ0) is 11.1. The number of aldehydes is 1. The van der Waals surface area contributed by atoms with Gasteiger partial charge in [-0.15, -0.1) is 11.8 Å². The summed E-state index contributed by atoms with van der Waals surface area (Å²) in [5, 5.41) is 8.38. The number of rotatable bonds is 6. The highest BCUT2D eigenvalue weighted by atomic mass is 32.2. The van der Waals surface area contributed by atoms with E-state index in [0.29, 0.717) is 11.5 Å². The van der Waals surface area contributed by atoms with Crippen LogP contribution >= 0.6 is 11.8 Å². The Kier molecular flexibility index (Phi) is 4.70. The highest BCUT2D eigenvalue weighted by Gasteiger charge is 1.99. The molecule has 0 amide bonds. The number of hydrogen-bond donors (Lipinski definition) is 1. The van der Waals surface area contributed by atoms with Crippen molar-refractivity contribution in [2.75, 3.05) is 12.4 Å². The van der Waals surface area contributed by atoms with Crippen LogP contribution in [0.15, 0.2) is 29.2 Å². The Hall–Kier alpha value is -1.49. The minimum absolute atomic E-state index is 0.346. The largest absolute Gasteiger partial charge is 0.482 e. The van der Waals surface area contributed by atoms with E-state index in [0.717, 1.165) is 11.2 Å². The van der Waals surface area contributed by atoms with Crippen molar-refractivity contribution in [3.8, 4) is 5.75 Å². The number of carboxylic acids is 1. The van der Waals surface area contributed by atoms with Crippen LogP contribution in [0.2, 0.25) is 0 Å². The Morgan fingerprint density at radius 3 is 2.60 bits per heavy atom. The van der Waals surface area contributed by atoms with E-state index >= 15 is 0 Å². The molecule has 1 aromatic carbocycles. The molecule has 0 fully saturated rings. The van der Waals surface area contributed by atoms with E-state index in [1.54, 1.807) is 24.3 Å². The van der Waals surface area contributed by atoms with Gasteiger partial charge in [0.25, 0.3) is 0 Å². The fourth-order valence-electron chi connectivity index (χ4n) is 0.907. The van der Waals surface area contributed by atoms with Crippen LogP contribution in [0.4, 0.5) is 0 Å². The molecule has 0 saturated heterocycles. The molecule has 15 heavy (non-hydrogen) atoms. The molecular weight excluding hydrogens is 216 g/mol. The molecule has 0 aliphatic heterocycles. The molecule has 0 aliphatic rings. The number of carbonyl (C=O) groups excluding carboxylic acids is 1. The molecule has 0 atom stereocenters. The topological polar surface area (TPSA) is 63.6 Å². The van der Waals surface area contributed by atoms with Crippen molar-refractivity contribution in [1.29, 1.82) is 0 Å². The Balaban J connectivity index is 2.48. The quantitative estimate of drug-likeness (QED) is 0.587. The maximum atomic E-state index is 10.2. The van der Waals surface area contributed by atoms with E-state index in [-0.39, 0.29) is 6.61 Å². The zero-order valence-electron chi connectivity index (χ0n) is 7.88. The summed E-state index contributed by atoms with van der Waals surface area (Å²) in [7, 11) is 0. The predicted molar refractivity (Wildman–Crippen MR) is 56.4 cm³/mol. The number of thioether (sulfide) groups is 1. The van der Waals surface area contributed by atoms with Gasteiger partial charge in [0, 0.05) is 4.90 Å². The number of carboxylic acid groups (broad SMARTS) is 1. The van der Waals surface area contributed by atoms with Crippen molar-refractivity contribution < 1.29 is 19.4 Å². The smallest absolute Gasteiger partial charge is 0.341 e. The van der Waals surface area contributed by atoms with E-state index in [4.69, 9.17) is 9.84 Å². The van der Waals surface area contributed by atoms with Gasteiger partial charge < -0.3 is 14.6 Å². The molecule has 0 radical (unpaired) electrons. The van der Waals surface area contributed by atoms with Gasteiger partial charge in [-0.25, -0.2) is 4.79 Å². The summed E-state index contributed by atoms with van der Waals surface area (Å²) < 4.78 is 4.95. The standard InChI is InChI=1S/C10H10O4S/c11-5-6-15-9-3-1-8(2-4-9)14-7-10(12)13/h1-5H,6-7H2,(H,12,13). The predicted octanol–water partition coefficient (Wildman–Crippen LogP) is 1.44. The normalized spacial score (nSPS) is 9.60. The molecule has 1 N–H and O–H groups in total. The third kappa shape index (κ3) is 4.51. The molecule has 1 rings (SSSR count). The van der Waals surface area contributed by atoms with Gasteiger partial charge in [0.15, 0.2) is 6.61 Å². The fourth-order valence-corrected chi connectivity index (χ4v) is 1.50. The second-order valence-corrected chi connectivity index (χ2v) is 3.72. The molecule has 0 aliphatic carbocycles. The van der Waals surface area contributed by atoms with Gasteiger partial charge in [0.1, 0.15) is 12.0 Å². The first kappa shape index (κ1) is 11.6. The lowest BCUT2D eigenvalue weighted by molar-refractivity contribution is -0.139. The van der Waals surface area contributed by atoms with Crippen LogP contribution in [0.3, 0.4) is 0 Å². The molecule has 0 unspecified atom stereocenters. The van der Waals surface area contributed by atoms with Crippen molar-refractivity contribution in [2.24, 2.45) is 0 Å². The first-order chi connectivity index (χ1) is 7.22. The van der Waals surface area contributed by atoms with Gasteiger partial charge in [0.2, 0.25) is 0 Å². The third-order valence-corrected chi connectivity index (χ3v) is 2.41. The van der Waals surface area contributed by atoms with Crippen LogP contribution in [0.5, 0.6) is 5.75 Å². The van der Waals surface area contributed by atoms with Gasteiger partial charge in [-0.1, -0.05) is 0 Å². The van der Waals surface area contributed by atoms with Crippen molar-refractivity contribution in [1.82, 2.24) is 0 Å². The van der Waals surface area contributed by atoms with Crippen molar-refractivity contribution in [2.45, 2.75) is 4.90 Å². The summed E-state index contributed by atoms with van der Waals surface area (Å²) in [6.45, 7) is -0.346. The van der Waals surface area contributed by atoms with Crippen LogP contribution in [-0.2, 0) is 9.59 Å². The molecule has 4 nitrogen and oxygen atoms in total. The molecule has 5 heteroatoms. The molecule has 0 saturated carbocycles. The molecule has 1 aromatic rings. The van der Waals surface area contributed by atoms with Gasteiger partial charge in [0.05, 0.1) is 5.75 Å². The SMILES string of the molecule is O=CCSc1ccc(OCC(=O)O)cc1. The van der Waals surface area contributed by atoms with Crippen molar-refractivity contribution in [3.05, 3.63) is 24.3 Å². The fraction of sp³-hybridized carbons (Fsp3) is 0.200. The Labute approximate surface area is 91.2 Å². The third-order valence-electron chi connectivity index (χ3n) is 1.50. The van der Waals surface area contributed by atoms with E-state index < -0.39 is 5.97 Å². The number of ether oxygens (including phenoxy) is 1. The van der Waals surface area contributed by atoms with Gasteiger partial charge in [-0.05, 0) is 24.3 Å². The monoisotopic (exact) mass is 226 g/mol. The Bertz CT molecular complexity index is 334.